The van der Waals surface area contributed by atoms with Crippen molar-refractivity contribution in [2.24, 2.45) is 4.99 Å². The zero-order valence-electron chi connectivity index (χ0n) is 25.9. The third kappa shape index (κ3) is 6.79. The summed E-state index contributed by atoms with van der Waals surface area (Å²) >= 11 is 4.71. The maximum atomic E-state index is 14.2. The Balaban J connectivity index is 1.46. The lowest BCUT2D eigenvalue weighted by Crippen LogP contribution is -2.40. The van der Waals surface area contributed by atoms with Gasteiger partial charge < -0.3 is 18.9 Å². The van der Waals surface area contributed by atoms with Gasteiger partial charge in [-0.05, 0) is 66.1 Å². The van der Waals surface area contributed by atoms with Crippen LogP contribution in [0.3, 0.4) is 0 Å². The Morgan fingerprint density at radius 2 is 1.68 bits per heavy atom. The van der Waals surface area contributed by atoms with Crippen molar-refractivity contribution in [3.8, 4) is 17.2 Å². The molecule has 0 radical (unpaired) electrons. The van der Waals surface area contributed by atoms with Gasteiger partial charge in [-0.25, -0.2) is 9.79 Å². The lowest BCUT2D eigenvalue weighted by atomic mass is 9.93. The molecule has 5 aromatic rings. The normalized spacial score (nSPS) is 14.3. The van der Waals surface area contributed by atoms with E-state index in [1.165, 1.54) is 11.3 Å². The molecule has 0 spiro atoms. The van der Waals surface area contributed by atoms with E-state index in [1.807, 2.05) is 97.1 Å². The van der Waals surface area contributed by atoms with Gasteiger partial charge in [-0.1, -0.05) is 87.9 Å². The topological polar surface area (TPSA) is 88.4 Å². The van der Waals surface area contributed by atoms with E-state index in [0.717, 1.165) is 26.7 Å². The average Bonchev–Trinajstić information content (AvgIpc) is 3.41. The molecule has 0 amide bonds. The zero-order valence-corrected chi connectivity index (χ0v) is 28.3. The number of carbonyl (C=O) groups is 1. The molecule has 0 saturated carbocycles. The molecule has 0 unspecified atom stereocenters. The van der Waals surface area contributed by atoms with Crippen molar-refractivity contribution in [3.05, 3.63) is 149 Å². The minimum absolute atomic E-state index is 0.175. The number of nitrogens with zero attached hydrogens (tertiary/aromatic N) is 2. The first-order valence-corrected chi connectivity index (χ1v) is 16.5. The first-order valence-electron chi connectivity index (χ1n) is 14.9. The number of methoxy groups -OCH3 is 2. The fourth-order valence-corrected chi connectivity index (χ4v) is 6.59. The standard InChI is InChI=1S/C37H31BrN2O6S/c1-4-45-36(42)32-33(25-8-6-5-7-9-25)39-37-40(34(32)26-13-17-28(43-2)18-14-26)35(41)31(47-37)21-24-12-19-29(30(20-24)44-3)46-22-23-10-15-27(38)16-11-23/h5-21,34H,4,22H2,1-3H3/b31-21-/t34-/m1/s1. The number of aromatic nitrogens is 1. The molecule has 0 N–H and O–H groups in total. The van der Waals surface area contributed by atoms with E-state index in [-0.39, 0.29) is 17.7 Å². The van der Waals surface area contributed by atoms with Gasteiger partial charge in [-0.2, -0.15) is 0 Å². The summed E-state index contributed by atoms with van der Waals surface area (Å²) in [5.41, 5.74) is 3.70. The highest BCUT2D eigenvalue weighted by atomic mass is 79.9. The molecule has 4 aromatic carbocycles. The summed E-state index contributed by atoms with van der Waals surface area (Å²) < 4.78 is 25.6. The number of rotatable bonds is 10. The number of fused-ring (bicyclic) bond motifs is 1. The number of carbonyl (C=O) groups excluding carboxylic acids is 1. The minimum Gasteiger partial charge on any atom is -0.497 e. The number of thiazole rings is 1. The maximum Gasteiger partial charge on any atom is 0.338 e. The molecule has 1 aliphatic heterocycles. The van der Waals surface area contributed by atoms with E-state index in [1.54, 1.807) is 31.8 Å². The number of halogens is 1. The molecule has 0 bridgehead atoms. The molecule has 238 valence electrons. The van der Waals surface area contributed by atoms with Crippen LogP contribution in [0.4, 0.5) is 0 Å². The van der Waals surface area contributed by atoms with Crippen molar-refractivity contribution >= 4 is 45.0 Å². The molecule has 0 saturated heterocycles. The van der Waals surface area contributed by atoms with Crippen molar-refractivity contribution in [3.63, 3.8) is 0 Å². The van der Waals surface area contributed by atoms with Gasteiger partial charge >= 0.3 is 5.97 Å². The monoisotopic (exact) mass is 710 g/mol. The van der Waals surface area contributed by atoms with E-state index in [2.05, 4.69) is 15.9 Å². The van der Waals surface area contributed by atoms with Gasteiger partial charge in [-0.3, -0.25) is 9.36 Å². The lowest BCUT2D eigenvalue weighted by molar-refractivity contribution is -0.138. The second kappa shape index (κ2) is 14.2. The number of hydrogen-bond donors (Lipinski definition) is 0. The highest BCUT2D eigenvalue weighted by molar-refractivity contribution is 9.10. The summed E-state index contributed by atoms with van der Waals surface area (Å²) in [5.74, 6) is 1.24. The van der Waals surface area contributed by atoms with Crippen LogP contribution in [0.15, 0.2) is 117 Å². The van der Waals surface area contributed by atoms with E-state index < -0.39 is 12.0 Å². The largest absolute Gasteiger partial charge is 0.497 e. The van der Waals surface area contributed by atoms with Gasteiger partial charge in [-0.15, -0.1) is 0 Å². The third-order valence-corrected chi connectivity index (χ3v) is 9.11. The van der Waals surface area contributed by atoms with Crippen LogP contribution in [0, 0.1) is 0 Å². The molecule has 1 aromatic heterocycles. The smallest absolute Gasteiger partial charge is 0.338 e. The predicted molar refractivity (Wildman–Crippen MR) is 186 cm³/mol. The Hall–Kier alpha value is -4.93. The highest BCUT2D eigenvalue weighted by Crippen LogP contribution is 2.36. The minimum atomic E-state index is -0.780. The number of ether oxygens (including phenoxy) is 4. The third-order valence-electron chi connectivity index (χ3n) is 7.60. The Morgan fingerprint density at radius 1 is 0.936 bits per heavy atom. The number of esters is 1. The molecule has 2 heterocycles. The maximum absolute atomic E-state index is 14.2. The average molecular weight is 712 g/mol. The summed E-state index contributed by atoms with van der Waals surface area (Å²) in [6, 6.07) is 29.4. The molecular formula is C37H31BrN2O6S. The van der Waals surface area contributed by atoms with Crippen molar-refractivity contribution < 1.29 is 23.7 Å². The van der Waals surface area contributed by atoms with Crippen LogP contribution in [0.5, 0.6) is 17.2 Å². The van der Waals surface area contributed by atoms with Crippen LogP contribution < -0.4 is 29.1 Å². The van der Waals surface area contributed by atoms with Gasteiger partial charge in [0.2, 0.25) is 0 Å². The van der Waals surface area contributed by atoms with E-state index in [4.69, 9.17) is 23.9 Å². The fourth-order valence-electron chi connectivity index (χ4n) is 5.33. The zero-order chi connectivity index (χ0) is 32.9. The van der Waals surface area contributed by atoms with Crippen LogP contribution in [0.1, 0.15) is 35.2 Å². The summed E-state index contributed by atoms with van der Waals surface area (Å²) in [6.45, 7) is 2.30. The van der Waals surface area contributed by atoms with Crippen LogP contribution in [-0.4, -0.2) is 31.4 Å². The number of hydrogen-bond acceptors (Lipinski definition) is 8. The summed E-state index contributed by atoms with van der Waals surface area (Å²) in [7, 11) is 3.17. The molecule has 1 aliphatic rings. The molecule has 0 fully saturated rings. The molecule has 10 heteroatoms. The van der Waals surface area contributed by atoms with Crippen molar-refractivity contribution in [2.75, 3.05) is 20.8 Å². The molecule has 0 aliphatic carbocycles. The van der Waals surface area contributed by atoms with E-state index in [0.29, 0.717) is 38.9 Å². The molecule has 6 rings (SSSR count). The number of benzene rings is 4. The van der Waals surface area contributed by atoms with Crippen molar-refractivity contribution in [2.45, 2.75) is 19.6 Å². The molecule has 47 heavy (non-hydrogen) atoms. The first kappa shape index (κ1) is 32.0. The Labute approximate surface area is 284 Å². The highest BCUT2D eigenvalue weighted by Gasteiger charge is 2.35. The molecule has 8 nitrogen and oxygen atoms in total. The fraction of sp³-hybridized carbons (Fsp3) is 0.162. The summed E-state index contributed by atoms with van der Waals surface area (Å²) in [4.78, 5) is 33.3. The predicted octanol–water partition coefficient (Wildman–Crippen LogP) is 6.29. The first-order chi connectivity index (χ1) is 22.9. The van der Waals surface area contributed by atoms with Crippen LogP contribution >= 0.6 is 27.3 Å². The molecular weight excluding hydrogens is 680 g/mol. The van der Waals surface area contributed by atoms with Gasteiger partial charge in [0.15, 0.2) is 16.3 Å². The Morgan fingerprint density at radius 3 is 2.36 bits per heavy atom. The van der Waals surface area contributed by atoms with Crippen LogP contribution in [0.2, 0.25) is 0 Å². The quantitative estimate of drug-likeness (QED) is 0.158. The van der Waals surface area contributed by atoms with Crippen LogP contribution in [0.25, 0.3) is 11.8 Å². The van der Waals surface area contributed by atoms with Gasteiger partial charge in [0.05, 0.1) is 42.7 Å². The van der Waals surface area contributed by atoms with E-state index in [9.17, 15) is 9.59 Å². The lowest BCUT2D eigenvalue weighted by Gasteiger charge is -2.26. The SMILES string of the molecule is CCOC(=O)C1=C(c2ccccc2)N=c2s/c(=C\c3ccc(OCc4ccc(Br)cc4)c(OC)c3)c(=O)n2[C@@H]1c1ccc(OC)cc1. The van der Waals surface area contributed by atoms with Gasteiger partial charge in [0, 0.05) is 10.0 Å². The van der Waals surface area contributed by atoms with Crippen LogP contribution in [-0.2, 0) is 16.1 Å². The Bertz CT molecular complexity index is 2120. The van der Waals surface area contributed by atoms with Gasteiger partial charge in [0.25, 0.3) is 5.56 Å². The molecule has 1 atom stereocenters. The second-order valence-corrected chi connectivity index (χ2v) is 12.5. The second-order valence-electron chi connectivity index (χ2n) is 10.5. The van der Waals surface area contributed by atoms with E-state index >= 15 is 0 Å². The van der Waals surface area contributed by atoms with Crippen molar-refractivity contribution in [1.82, 2.24) is 4.57 Å². The van der Waals surface area contributed by atoms with Gasteiger partial charge in [0.1, 0.15) is 12.4 Å². The summed E-state index contributed by atoms with van der Waals surface area (Å²) in [5, 5.41) is 0. The summed E-state index contributed by atoms with van der Waals surface area (Å²) in [6.07, 6.45) is 1.80. The van der Waals surface area contributed by atoms with Crippen molar-refractivity contribution in [1.29, 1.82) is 0 Å². The Kier molecular flexibility index (Phi) is 9.70.